The molecule has 1 amide bonds. The summed E-state index contributed by atoms with van der Waals surface area (Å²) >= 11 is 1.25. The number of aromatic amines is 1. The predicted molar refractivity (Wildman–Crippen MR) is 94.6 cm³/mol. The topological polar surface area (TPSA) is 84.1 Å². The molecule has 0 spiro atoms. The Bertz CT molecular complexity index is 811. The zero-order valence-corrected chi connectivity index (χ0v) is 15.1. The molecule has 24 heavy (non-hydrogen) atoms. The largest absolute Gasteiger partial charge is 0.370 e. The molecular weight excluding hydrogens is 326 g/mol. The van der Waals surface area contributed by atoms with Crippen LogP contribution in [0.4, 0.5) is 0 Å². The lowest BCUT2D eigenvalue weighted by atomic mass is 9.88. The van der Waals surface area contributed by atoms with Crippen LogP contribution in [0.2, 0.25) is 0 Å². The molecule has 6 nitrogen and oxygen atoms in total. The van der Waals surface area contributed by atoms with Crippen LogP contribution in [0.1, 0.15) is 53.7 Å². The van der Waals surface area contributed by atoms with E-state index in [-0.39, 0.29) is 17.6 Å². The summed E-state index contributed by atoms with van der Waals surface area (Å²) in [5.41, 5.74) is 0.468. The molecule has 0 bridgehead atoms. The number of nitrogens with one attached hydrogen (secondary N) is 2. The highest BCUT2D eigenvalue weighted by Crippen LogP contribution is 2.28. The third kappa shape index (κ3) is 3.23. The number of aryl methyl sites for hydroxylation is 1. The number of carbonyl (C=O) groups is 1. The van der Waals surface area contributed by atoms with Crippen molar-refractivity contribution < 1.29 is 9.53 Å². The normalized spacial score (nSPS) is 21.1. The SMILES string of the molecule is CNC(=O)c1sc2nc(CO[C@@H]3CCCC[C@@H]3C)[nH]c(=O)c2c1C. The van der Waals surface area contributed by atoms with Gasteiger partial charge in [-0.15, -0.1) is 11.3 Å². The molecule has 0 saturated heterocycles. The number of rotatable bonds is 4. The number of nitrogens with zero attached hydrogens (tertiary/aromatic N) is 1. The molecular formula is C17H23N3O3S. The van der Waals surface area contributed by atoms with Gasteiger partial charge in [0, 0.05) is 7.05 Å². The Hall–Kier alpha value is -1.73. The number of carbonyl (C=O) groups excluding carboxylic acids is 1. The van der Waals surface area contributed by atoms with Crippen molar-refractivity contribution in [3.8, 4) is 0 Å². The minimum atomic E-state index is -0.209. The molecule has 1 fully saturated rings. The van der Waals surface area contributed by atoms with Crippen molar-refractivity contribution in [3.05, 3.63) is 26.6 Å². The number of ether oxygens (including phenoxy) is 1. The summed E-state index contributed by atoms with van der Waals surface area (Å²) < 4.78 is 5.98. The molecule has 1 aliphatic carbocycles. The van der Waals surface area contributed by atoms with Gasteiger partial charge in [0.2, 0.25) is 0 Å². The zero-order valence-electron chi connectivity index (χ0n) is 14.3. The standard InChI is InChI=1S/C17H23N3O3S/c1-9-6-4-5-7-11(9)23-8-12-19-15(21)13-10(2)14(16(22)18-3)24-17(13)20-12/h9,11H,4-8H2,1-3H3,(H,18,22)(H,19,20,21)/t9-,11+/m0/s1. The first-order valence-corrected chi connectivity index (χ1v) is 9.19. The van der Waals surface area contributed by atoms with Crippen LogP contribution in [0.25, 0.3) is 10.2 Å². The maximum absolute atomic E-state index is 12.4. The number of fused-ring (bicyclic) bond motifs is 1. The minimum absolute atomic E-state index is 0.191. The van der Waals surface area contributed by atoms with Crippen molar-refractivity contribution >= 4 is 27.5 Å². The fraction of sp³-hybridized carbons (Fsp3) is 0.588. The summed E-state index contributed by atoms with van der Waals surface area (Å²) in [5, 5.41) is 3.09. The van der Waals surface area contributed by atoms with Gasteiger partial charge in [-0.05, 0) is 31.2 Å². The van der Waals surface area contributed by atoms with Crippen LogP contribution >= 0.6 is 11.3 Å². The minimum Gasteiger partial charge on any atom is -0.370 e. The highest BCUT2D eigenvalue weighted by atomic mass is 32.1. The number of hydrogen-bond acceptors (Lipinski definition) is 5. The molecule has 2 aromatic heterocycles. The summed E-state index contributed by atoms with van der Waals surface area (Å²) in [7, 11) is 1.58. The molecule has 1 aliphatic rings. The molecule has 0 radical (unpaired) electrons. The average Bonchev–Trinajstić information content (AvgIpc) is 2.90. The highest BCUT2D eigenvalue weighted by molar-refractivity contribution is 7.20. The van der Waals surface area contributed by atoms with E-state index in [1.54, 1.807) is 14.0 Å². The fourth-order valence-electron chi connectivity index (χ4n) is 3.30. The fourth-order valence-corrected chi connectivity index (χ4v) is 4.45. The van der Waals surface area contributed by atoms with Gasteiger partial charge in [0.15, 0.2) is 0 Å². The molecule has 0 unspecified atom stereocenters. The molecule has 3 rings (SSSR count). The van der Waals surface area contributed by atoms with Crippen LogP contribution in [0, 0.1) is 12.8 Å². The third-order valence-electron chi connectivity index (χ3n) is 4.75. The molecule has 0 aliphatic heterocycles. The number of amides is 1. The van der Waals surface area contributed by atoms with Crippen molar-refractivity contribution in [3.63, 3.8) is 0 Å². The van der Waals surface area contributed by atoms with Gasteiger partial charge in [0.05, 0.1) is 16.4 Å². The summed E-state index contributed by atoms with van der Waals surface area (Å²) in [6.07, 6.45) is 4.93. The van der Waals surface area contributed by atoms with Crippen molar-refractivity contribution in [2.24, 2.45) is 5.92 Å². The summed E-state index contributed by atoms with van der Waals surface area (Å²) in [5.74, 6) is 0.872. The Balaban J connectivity index is 1.85. The first-order valence-electron chi connectivity index (χ1n) is 8.37. The van der Waals surface area contributed by atoms with Crippen LogP contribution in [-0.2, 0) is 11.3 Å². The molecule has 2 aromatic rings. The number of H-pyrrole nitrogens is 1. The van der Waals surface area contributed by atoms with Gasteiger partial charge in [-0.3, -0.25) is 9.59 Å². The Labute approximate surface area is 144 Å². The van der Waals surface area contributed by atoms with Crippen LogP contribution in [-0.4, -0.2) is 29.0 Å². The maximum atomic E-state index is 12.4. The van der Waals surface area contributed by atoms with Gasteiger partial charge in [0.25, 0.3) is 11.5 Å². The monoisotopic (exact) mass is 349 g/mol. The van der Waals surface area contributed by atoms with E-state index >= 15 is 0 Å². The van der Waals surface area contributed by atoms with E-state index in [1.807, 2.05) is 0 Å². The van der Waals surface area contributed by atoms with Crippen LogP contribution in [0.15, 0.2) is 4.79 Å². The molecule has 2 heterocycles. The lowest BCUT2D eigenvalue weighted by Crippen LogP contribution is -2.26. The Morgan fingerprint density at radius 2 is 2.17 bits per heavy atom. The Morgan fingerprint density at radius 3 is 2.88 bits per heavy atom. The van der Waals surface area contributed by atoms with E-state index in [4.69, 9.17) is 4.74 Å². The third-order valence-corrected chi connectivity index (χ3v) is 5.93. The summed E-state index contributed by atoms with van der Waals surface area (Å²) in [4.78, 5) is 32.7. The van der Waals surface area contributed by atoms with E-state index in [1.165, 1.54) is 30.6 Å². The van der Waals surface area contributed by atoms with E-state index < -0.39 is 0 Å². The maximum Gasteiger partial charge on any atom is 0.261 e. The van der Waals surface area contributed by atoms with Gasteiger partial charge in [-0.25, -0.2) is 4.98 Å². The van der Waals surface area contributed by atoms with E-state index in [0.29, 0.717) is 39.0 Å². The average molecular weight is 349 g/mol. The Kier molecular flexibility index (Phi) is 5.01. The quantitative estimate of drug-likeness (QED) is 0.889. The lowest BCUT2D eigenvalue weighted by molar-refractivity contribution is -0.0181. The molecule has 2 N–H and O–H groups in total. The van der Waals surface area contributed by atoms with Crippen molar-refractivity contribution in [2.75, 3.05) is 7.05 Å². The van der Waals surface area contributed by atoms with Crippen LogP contribution in [0.3, 0.4) is 0 Å². The molecule has 2 atom stereocenters. The number of aromatic nitrogens is 2. The van der Waals surface area contributed by atoms with Gasteiger partial charge in [0.1, 0.15) is 17.3 Å². The van der Waals surface area contributed by atoms with Gasteiger partial charge in [-0.2, -0.15) is 0 Å². The van der Waals surface area contributed by atoms with Crippen LogP contribution in [0.5, 0.6) is 0 Å². The zero-order chi connectivity index (χ0) is 17.3. The van der Waals surface area contributed by atoms with E-state index in [0.717, 1.165) is 6.42 Å². The molecule has 7 heteroatoms. The second-order valence-corrected chi connectivity index (χ2v) is 7.44. The van der Waals surface area contributed by atoms with Crippen molar-refractivity contribution in [1.29, 1.82) is 0 Å². The molecule has 0 aromatic carbocycles. The van der Waals surface area contributed by atoms with Crippen molar-refractivity contribution in [1.82, 2.24) is 15.3 Å². The Morgan fingerprint density at radius 1 is 1.42 bits per heavy atom. The van der Waals surface area contributed by atoms with Crippen LogP contribution < -0.4 is 10.9 Å². The smallest absolute Gasteiger partial charge is 0.261 e. The predicted octanol–water partition coefficient (Wildman–Crippen LogP) is 2.75. The number of hydrogen-bond donors (Lipinski definition) is 2. The second-order valence-electron chi connectivity index (χ2n) is 6.44. The summed E-state index contributed by atoms with van der Waals surface area (Å²) in [6.45, 7) is 4.29. The second kappa shape index (κ2) is 7.03. The van der Waals surface area contributed by atoms with E-state index in [9.17, 15) is 9.59 Å². The van der Waals surface area contributed by atoms with Gasteiger partial charge in [-0.1, -0.05) is 19.8 Å². The lowest BCUT2D eigenvalue weighted by Gasteiger charge is -2.28. The highest BCUT2D eigenvalue weighted by Gasteiger charge is 2.23. The summed E-state index contributed by atoms with van der Waals surface area (Å²) in [6, 6.07) is 0. The molecule has 130 valence electrons. The first-order chi connectivity index (χ1) is 11.5. The first kappa shape index (κ1) is 17.1. The molecule has 1 saturated carbocycles. The van der Waals surface area contributed by atoms with E-state index in [2.05, 4.69) is 22.2 Å². The van der Waals surface area contributed by atoms with Gasteiger partial charge >= 0.3 is 0 Å². The van der Waals surface area contributed by atoms with Crippen molar-refractivity contribution in [2.45, 2.75) is 52.2 Å². The number of thiophene rings is 1. The van der Waals surface area contributed by atoms with Gasteiger partial charge < -0.3 is 15.0 Å².